The molecule has 0 amide bonds. The topological polar surface area (TPSA) is 79.2 Å². The molecule has 0 spiro atoms. The van der Waals surface area contributed by atoms with Gasteiger partial charge in [0.05, 0.1) is 46.2 Å². The number of hydrogen-bond donors (Lipinski definition) is 3. The number of benzene rings is 1. The lowest BCUT2D eigenvalue weighted by atomic mass is 10.2. The molecule has 0 saturated heterocycles. The van der Waals surface area contributed by atoms with Crippen LogP contribution in [0.1, 0.15) is 5.56 Å². The lowest BCUT2D eigenvalue weighted by Crippen LogP contribution is -2.55. The molecule has 6 heteroatoms. The molecular weight excluding hydrogens is 298 g/mol. The molecule has 0 radical (unpaired) electrons. The molecule has 23 heavy (non-hydrogen) atoms. The summed E-state index contributed by atoms with van der Waals surface area (Å²) in [7, 11) is 0. The van der Waals surface area contributed by atoms with Crippen LogP contribution in [0.4, 0.5) is 0 Å². The largest absolute Gasteiger partial charge is 0.391 e. The van der Waals surface area contributed by atoms with E-state index in [0.29, 0.717) is 57.1 Å². The third-order valence-electron chi connectivity index (χ3n) is 3.92. The lowest BCUT2D eigenvalue weighted by molar-refractivity contribution is -0.929. The quantitative estimate of drug-likeness (QED) is 0.331. The molecule has 1 aromatic carbocycles. The van der Waals surface area contributed by atoms with Gasteiger partial charge in [0.2, 0.25) is 0 Å². The van der Waals surface area contributed by atoms with E-state index in [1.54, 1.807) is 0 Å². The summed E-state index contributed by atoms with van der Waals surface area (Å²) in [6.07, 6.45) is 0. The van der Waals surface area contributed by atoms with Crippen LogP contribution in [-0.2, 0) is 16.1 Å². The predicted molar refractivity (Wildman–Crippen MR) is 87.9 cm³/mol. The molecule has 132 valence electrons. The Morgan fingerprint density at radius 3 is 1.83 bits per heavy atom. The number of rotatable bonds is 14. The van der Waals surface area contributed by atoms with E-state index in [2.05, 4.69) is 0 Å². The Balaban J connectivity index is 2.17. The SMILES string of the molecule is OCC[N+](CCO)(CCO)CCOCCOCc1ccccc1. The van der Waals surface area contributed by atoms with Crippen LogP contribution >= 0.6 is 0 Å². The molecule has 0 aliphatic rings. The second-order valence-electron chi connectivity index (χ2n) is 5.56. The molecule has 0 heterocycles. The first-order valence-corrected chi connectivity index (χ1v) is 8.13. The Bertz CT molecular complexity index is 371. The van der Waals surface area contributed by atoms with Gasteiger partial charge in [0, 0.05) is 0 Å². The smallest absolute Gasteiger partial charge is 0.103 e. The van der Waals surface area contributed by atoms with E-state index >= 15 is 0 Å². The Morgan fingerprint density at radius 1 is 0.696 bits per heavy atom. The fraction of sp³-hybridized carbons (Fsp3) is 0.647. The van der Waals surface area contributed by atoms with Gasteiger partial charge in [0.25, 0.3) is 0 Å². The summed E-state index contributed by atoms with van der Waals surface area (Å²) in [6.45, 7) is 4.37. The Hall–Kier alpha value is -1.02. The summed E-state index contributed by atoms with van der Waals surface area (Å²) in [6, 6.07) is 9.98. The monoisotopic (exact) mass is 328 g/mol. The summed E-state index contributed by atoms with van der Waals surface area (Å²) in [4.78, 5) is 0. The van der Waals surface area contributed by atoms with Crippen molar-refractivity contribution in [1.29, 1.82) is 0 Å². The van der Waals surface area contributed by atoms with Gasteiger partial charge in [-0.15, -0.1) is 0 Å². The zero-order valence-corrected chi connectivity index (χ0v) is 13.8. The van der Waals surface area contributed by atoms with Crippen molar-refractivity contribution in [3.05, 3.63) is 35.9 Å². The second kappa shape index (κ2) is 12.4. The van der Waals surface area contributed by atoms with Crippen molar-refractivity contribution in [2.45, 2.75) is 6.61 Å². The van der Waals surface area contributed by atoms with E-state index in [0.717, 1.165) is 5.56 Å². The summed E-state index contributed by atoms with van der Waals surface area (Å²) in [5, 5.41) is 27.6. The van der Waals surface area contributed by atoms with Gasteiger partial charge >= 0.3 is 0 Å². The van der Waals surface area contributed by atoms with Crippen molar-refractivity contribution >= 4 is 0 Å². The Labute approximate surface area is 138 Å². The van der Waals surface area contributed by atoms with Gasteiger partial charge in [0.15, 0.2) is 0 Å². The van der Waals surface area contributed by atoms with E-state index < -0.39 is 0 Å². The standard InChI is InChI=1S/C17H30NO5/c19-10-6-18(7-11-20,8-12-21)9-13-22-14-15-23-16-17-4-2-1-3-5-17/h1-5,19-21H,6-16H2/q+1. The summed E-state index contributed by atoms with van der Waals surface area (Å²) in [5.74, 6) is 0. The maximum Gasteiger partial charge on any atom is 0.103 e. The molecule has 0 aromatic heterocycles. The van der Waals surface area contributed by atoms with Crippen molar-refractivity contribution < 1.29 is 29.3 Å². The average Bonchev–Trinajstić information content (AvgIpc) is 2.56. The van der Waals surface area contributed by atoms with E-state index in [-0.39, 0.29) is 19.8 Å². The molecular formula is C17H30NO5+. The van der Waals surface area contributed by atoms with Crippen molar-refractivity contribution in [3.8, 4) is 0 Å². The molecule has 1 rings (SSSR count). The molecule has 0 aliphatic heterocycles. The van der Waals surface area contributed by atoms with Crippen LogP contribution in [0.3, 0.4) is 0 Å². The minimum Gasteiger partial charge on any atom is -0.391 e. The number of hydrogen-bond acceptors (Lipinski definition) is 5. The Kier molecular flexibility index (Phi) is 10.8. The Morgan fingerprint density at radius 2 is 1.26 bits per heavy atom. The highest BCUT2D eigenvalue weighted by Crippen LogP contribution is 2.06. The van der Waals surface area contributed by atoms with Gasteiger partial charge in [-0.25, -0.2) is 0 Å². The van der Waals surface area contributed by atoms with Crippen LogP contribution in [0, 0.1) is 0 Å². The van der Waals surface area contributed by atoms with Crippen LogP contribution in [0.5, 0.6) is 0 Å². The van der Waals surface area contributed by atoms with E-state index in [9.17, 15) is 15.3 Å². The fourth-order valence-electron chi connectivity index (χ4n) is 2.55. The van der Waals surface area contributed by atoms with E-state index in [4.69, 9.17) is 9.47 Å². The molecule has 0 aliphatic carbocycles. The molecule has 0 saturated carbocycles. The van der Waals surface area contributed by atoms with Gasteiger partial charge in [-0.1, -0.05) is 30.3 Å². The highest BCUT2D eigenvalue weighted by molar-refractivity contribution is 5.13. The van der Waals surface area contributed by atoms with E-state index in [1.807, 2.05) is 30.3 Å². The minimum atomic E-state index is 0.0280. The van der Waals surface area contributed by atoms with Gasteiger partial charge in [-0.05, 0) is 5.56 Å². The molecule has 0 atom stereocenters. The zero-order chi connectivity index (χ0) is 16.8. The van der Waals surface area contributed by atoms with Crippen LogP contribution < -0.4 is 0 Å². The van der Waals surface area contributed by atoms with Crippen LogP contribution in [0.2, 0.25) is 0 Å². The van der Waals surface area contributed by atoms with Gasteiger partial charge < -0.3 is 29.3 Å². The predicted octanol–water partition coefficient (Wildman–Crippen LogP) is 0.0135. The summed E-state index contributed by atoms with van der Waals surface area (Å²) in [5.41, 5.74) is 1.14. The highest BCUT2D eigenvalue weighted by Gasteiger charge is 2.25. The zero-order valence-electron chi connectivity index (χ0n) is 13.8. The molecule has 3 N–H and O–H groups in total. The number of nitrogens with zero attached hydrogens (tertiary/aromatic N) is 1. The van der Waals surface area contributed by atoms with Crippen LogP contribution in [0.25, 0.3) is 0 Å². The van der Waals surface area contributed by atoms with Gasteiger partial charge in [-0.2, -0.15) is 0 Å². The summed E-state index contributed by atoms with van der Waals surface area (Å²) >= 11 is 0. The van der Waals surface area contributed by atoms with Crippen molar-refractivity contribution in [3.63, 3.8) is 0 Å². The molecule has 0 bridgehead atoms. The summed E-state index contributed by atoms with van der Waals surface area (Å²) < 4.78 is 11.6. The molecule has 6 nitrogen and oxygen atoms in total. The normalized spacial score (nSPS) is 11.8. The molecule has 0 unspecified atom stereocenters. The first-order chi connectivity index (χ1) is 11.3. The fourth-order valence-corrected chi connectivity index (χ4v) is 2.55. The first-order valence-electron chi connectivity index (χ1n) is 8.13. The minimum absolute atomic E-state index is 0.0280. The maximum atomic E-state index is 9.20. The van der Waals surface area contributed by atoms with E-state index in [1.165, 1.54) is 0 Å². The number of quaternary nitrogens is 1. The highest BCUT2D eigenvalue weighted by atomic mass is 16.5. The maximum absolute atomic E-state index is 9.20. The molecule has 1 aromatic rings. The number of aliphatic hydroxyl groups is 3. The first kappa shape index (κ1) is 20.0. The third-order valence-corrected chi connectivity index (χ3v) is 3.92. The third kappa shape index (κ3) is 8.41. The lowest BCUT2D eigenvalue weighted by Gasteiger charge is -2.37. The van der Waals surface area contributed by atoms with Crippen LogP contribution in [0.15, 0.2) is 30.3 Å². The van der Waals surface area contributed by atoms with Gasteiger partial charge in [-0.3, -0.25) is 0 Å². The van der Waals surface area contributed by atoms with Crippen LogP contribution in [-0.4, -0.2) is 85.6 Å². The second-order valence-corrected chi connectivity index (χ2v) is 5.56. The van der Waals surface area contributed by atoms with Crippen molar-refractivity contribution in [2.24, 2.45) is 0 Å². The van der Waals surface area contributed by atoms with Crippen molar-refractivity contribution in [2.75, 3.05) is 65.8 Å². The number of ether oxygens (including phenoxy) is 2. The van der Waals surface area contributed by atoms with Crippen molar-refractivity contribution in [1.82, 2.24) is 0 Å². The molecule has 0 fully saturated rings. The number of aliphatic hydroxyl groups excluding tert-OH is 3. The van der Waals surface area contributed by atoms with Gasteiger partial charge in [0.1, 0.15) is 26.2 Å². The average molecular weight is 328 g/mol.